The van der Waals surface area contributed by atoms with Crippen molar-refractivity contribution in [2.75, 3.05) is 26.3 Å². The molecule has 4 nitrogen and oxygen atoms in total. The summed E-state index contributed by atoms with van der Waals surface area (Å²) >= 11 is 0. The molecule has 0 saturated heterocycles. The van der Waals surface area contributed by atoms with Crippen LogP contribution in [0, 0.1) is 0 Å². The van der Waals surface area contributed by atoms with Gasteiger partial charge in [-0.3, -0.25) is 4.79 Å². The first-order chi connectivity index (χ1) is 7.77. The lowest BCUT2D eigenvalue weighted by Gasteiger charge is -2.04. The first-order valence-corrected chi connectivity index (χ1v) is 6.22. The standard InChI is InChI=1S/C12H25NO3/c1-12(15)16-11-6-4-2-3-5-8-13-9-7-10-14/h13-14H,2-11H2,1H3. The number of rotatable bonds is 11. The molecule has 2 N–H and O–H groups in total. The van der Waals surface area contributed by atoms with Crippen LogP contribution in [0.3, 0.4) is 0 Å². The van der Waals surface area contributed by atoms with E-state index in [4.69, 9.17) is 9.84 Å². The Morgan fingerprint density at radius 1 is 1.06 bits per heavy atom. The highest BCUT2D eigenvalue weighted by Gasteiger charge is 1.94. The largest absolute Gasteiger partial charge is 0.466 e. The summed E-state index contributed by atoms with van der Waals surface area (Å²) in [4.78, 5) is 10.5. The maximum absolute atomic E-state index is 10.5. The van der Waals surface area contributed by atoms with Gasteiger partial charge < -0.3 is 15.2 Å². The summed E-state index contributed by atoms with van der Waals surface area (Å²) in [6.07, 6.45) is 6.53. The number of esters is 1. The molecule has 0 aromatic rings. The number of nitrogens with one attached hydrogen (secondary N) is 1. The van der Waals surface area contributed by atoms with Gasteiger partial charge in [0.05, 0.1) is 6.61 Å². The van der Waals surface area contributed by atoms with Crippen LogP contribution in [0.15, 0.2) is 0 Å². The fourth-order valence-electron chi connectivity index (χ4n) is 1.43. The Bertz CT molecular complexity index is 162. The Balaban J connectivity index is 2.90. The van der Waals surface area contributed by atoms with Crippen LogP contribution in [0.2, 0.25) is 0 Å². The van der Waals surface area contributed by atoms with Crippen LogP contribution in [-0.4, -0.2) is 37.4 Å². The zero-order chi connectivity index (χ0) is 12.1. The summed E-state index contributed by atoms with van der Waals surface area (Å²) in [5, 5.41) is 11.8. The van der Waals surface area contributed by atoms with Crippen molar-refractivity contribution in [2.45, 2.75) is 45.4 Å². The third kappa shape index (κ3) is 13.4. The van der Waals surface area contributed by atoms with Gasteiger partial charge in [-0.2, -0.15) is 0 Å². The lowest BCUT2D eigenvalue weighted by molar-refractivity contribution is -0.141. The van der Waals surface area contributed by atoms with Crippen molar-refractivity contribution in [1.29, 1.82) is 0 Å². The van der Waals surface area contributed by atoms with Gasteiger partial charge in [0.1, 0.15) is 0 Å². The Hall–Kier alpha value is -0.610. The maximum atomic E-state index is 10.5. The second-order valence-electron chi connectivity index (χ2n) is 3.93. The molecule has 0 aromatic heterocycles. The van der Waals surface area contributed by atoms with E-state index in [-0.39, 0.29) is 12.6 Å². The molecular weight excluding hydrogens is 206 g/mol. The highest BCUT2D eigenvalue weighted by molar-refractivity contribution is 5.65. The average molecular weight is 231 g/mol. The van der Waals surface area contributed by atoms with Crippen molar-refractivity contribution in [2.24, 2.45) is 0 Å². The summed E-state index contributed by atoms with van der Waals surface area (Å²) in [5.41, 5.74) is 0. The van der Waals surface area contributed by atoms with E-state index in [1.54, 1.807) is 0 Å². The number of carbonyl (C=O) groups excluding carboxylic acids is 1. The van der Waals surface area contributed by atoms with Crippen molar-refractivity contribution >= 4 is 5.97 Å². The van der Waals surface area contributed by atoms with E-state index in [0.717, 1.165) is 32.4 Å². The SMILES string of the molecule is CC(=O)OCCCCCCCNCCCO. The number of unbranched alkanes of at least 4 members (excludes halogenated alkanes) is 4. The first-order valence-electron chi connectivity index (χ1n) is 6.22. The number of hydrogen-bond donors (Lipinski definition) is 2. The molecule has 4 heteroatoms. The summed E-state index contributed by atoms with van der Waals surface area (Å²) < 4.78 is 4.84. The zero-order valence-electron chi connectivity index (χ0n) is 10.3. The monoisotopic (exact) mass is 231 g/mol. The van der Waals surface area contributed by atoms with Crippen LogP contribution in [0.5, 0.6) is 0 Å². The number of ether oxygens (including phenoxy) is 1. The third-order valence-electron chi connectivity index (χ3n) is 2.31. The van der Waals surface area contributed by atoms with E-state index in [9.17, 15) is 4.79 Å². The molecule has 0 saturated carbocycles. The smallest absolute Gasteiger partial charge is 0.302 e. The Morgan fingerprint density at radius 2 is 1.69 bits per heavy atom. The normalized spacial score (nSPS) is 10.4. The second kappa shape index (κ2) is 12.5. The molecule has 0 aliphatic heterocycles. The molecule has 0 radical (unpaired) electrons. The molecule has 0 amide bonds. The minimum Gasteiger partial charge on any atom is -0.466 e. The molecule has 0 bridgehead atoms. The van der Waals surface area contributed by atoms with E-state index < -0.39 is 0 Å². The number of carbonyl (C=O) groups is 1. The minimum absolute atomic E-state index is 0.187. The van der Waals surface area contributed by atoms with Crippen molar-refractivity contribution < 1.29 is 14.6 Å². The summed E-state index contributed by atoms with van der Waals surface area (Å²) in [6.45, 7) is 4.21. The molecule has 0 aliphatic carbocycles. The second-order valence-corrected chi connectivity index (χ2v) is 3.93. The Morgan fingerprint density at radius 3 is 2.38 bits per heavy atom. The first kappa shape index (κ1) is 15.4. The fourth-order valence-corrected chi connectivity index (χ4v) is 1.43. The van der Waals surface area contributed by atoms with Gasteiger partial charge in [0.2, 0.25) is 0 Å². The summed E-state index contributed by atoms with van der Waals surface area (Å²) in [6, 6.07) is 0. The van der Waals surface area contributed by atoms with Crippen LogP contribution >= 0.6 is 0 Å². The summed E-state index contributed by atoms with van der Waals surface area (Å²) in [5.74, 6) is -0.187. The molecule has 0 aromatic carbocycles. The molecule has 0 rings (SSSR count). The molecule has 0 unspecified atom stereocenters. The van der Waals surface area contributed by atoms with Gasteiger partial charge in [0.25, 0.3) is 0 Å². The van der Waals surface area contributed by atoms with Crippen molar-refractivity contribution in [1.82, 2.24) is 5.32 Å². The van der Waals surface area contributed by atoms with Crippen molar-refractivity contribution in [3.05, 3.63) is 0 Å². The van der Waals surface area contributed by atoms with Gasteiger partial charge in [0.15, 0.2) is 0 Å². The number of aliphatic hydroxyl groups excluding tert-OH is 1. The predicted molar refractivity (Wildman–Crippen MR) is 64.3 cm³/mol. The molecule has 16 heavy (non-hydrogen) atoms. The van der Waals surface area contributed by atoms with Crippen LogP contribution in [-0.2, 0) is 9.53 Å². The highest BCUT2D eigenvalue weighted by atomic mass is 16.5. The van der Waals surface area contributed by atoms with E-state index >= 15 is 0 Å². The molecule has 0 heterocycles. The van der Waals surface area contributed by atoms with Crippen LogP contribution in [0.1, 0.15) is 45.4 Å². The topological polar surface area (TPSA) is 58.6 Å². The van der Waals surface area contributed by atoms with E-state index in [1.165, 1.54) is 26.2 Å². The van der Waals surface area contributed by atoms with Crippen molar-refractivity contribution in [3.63, 3.8) is 0 Å². The van der Waals surface area contributed by atoms with Crippen LogP contribution < -0.4 is 5.32 Å². The van der Waals surface area contributed by atoms with Gasteiger partial charge in [0, 0.05) is 13.5 Å². The molecule has 0 aliphatic rings. The van der Waals surface area contributed by atoms with Crippen molar-refractivity contribution in [3.8, 4) is 0 Å². The Kier molecular flexibility index (Phi) is 12.0. The molecule has 96 valence electrons. The molecule has 0 atom stereocenters. The number of aliphatic hydroxyl groups is 1. The molecule has 0 spiro atoms. The predicted octanol–water partition coefficient (Wildman–Crippen LogP) is 1.47. The van der Waals surface area contributed by atoms with Crippen LogP contribution in [0.25, 0.3) is 0 Å². The van der Waals surface area contributed by atoms with Gasteiger partial charge in [-0.15, -0.1) is 0 Å². The van der Waals surface area contributed by atoms with Gasteiger partial charge in [-0.25, -0.2) is 0 Å². The lowest BCUT2D eigenvalue weighted by Crippen LogP contribution is -2.17. The minimum atomic E-state index is -0.187. The van der Waals surface area contributed by atoms with E-state index in [0.29, 0.717) is 6.61 Å². The van der Waals surface area contributed by atoms with Gasteiger partial charge in [-0.1, -0.05) is 19.3 Å². The van der Waals surface area contributed by atoms with Crippen LogP contribution in [0.4, 0.5) is 0 Å². The zero-order valence-corrected chi connectivity index (χ0v) is 10.3. The van der Waals surface area contributed by atoms with E-state index in [2.05, 4.69) is 5.32 Å². The maximum Gasteiger partial charge on any atom is 0.302 e. The quantitative estimate of drug-likeness (QED) is 0.417. The fraction of sp³-hybridized carbons (Fsp3) is 0.917. The summed E-state index contributed by atoms with van der Waals surface area (Å²) in [7, 11) is 0. The van der Waals surface area contributed by atoms with Gasteiger partial charge in [-0.05, 0) is 32.4 Å². The molecular formula is C12H25NO3. The molecule has 0 fully saturated rings. The average Bonchev–Trinajstić information content (AvgIpc) is 2.25. The highest BCUT2D eigenvalue weighted by Crippen LogP contribution is 2.02. The van der Waals surface area contributed by atoms with E-state index in [1.807, 2.05) is 0 Å². The lowest BCUT2D eigenvalue weighted by atomic mass is 10.1. The Labute approximate surface area is 98.4 Å². The van der Waals surface area contributed by atoms with Gasteiger partial charge >= 0.3 is 5.97 Å². The third-order valence-corrected chi connectivity index (χ3v) is 2.31. The number of hydrogen-bond acceptors (Lipinski definition) is 4.